The van der Waals surface area contributed by atoms with Gasteiger partial charge >= 0.3 is 12.1 Å². The summed E-state index contributed by atoms with van der Waals surface area (Å²) in [5, 5.41) is 10.2. The first kappa shape index (κ1) is 18.8. The number of ether oxygens (including phenoxy) is 1. The number of hydrogen-bond acceptors (Lipinski definition) is 3. The number of methoxy groups -OCH3 is 1. The zero-order valence-corrected chi connectivity index (χ0v) is 15.6. The van der Waals surface area contributed by atoms with Crippen molar-refractivity contribution in [1.82, 2.24) is 4.48 Å². The van der Waals surface area contributed by atoms with Gasteiger partial charge in [0.2, 0.25) is 0 Å². The van der Waals surface area contributed by atoms with E-state index in [1.165, 1.54) is 19.2 Å². The van der Waals surface area contributed by atoms with Crippen LogP contribution in [0.1, 0.15) is 42.3 Å². The number of rotatable bonds is 2. The molecule has 1 aliphatic heterocycles. The van der Waals surface area contributed by atoms with Gasteiger partial charge in [0.25, 0.3) is 0 Å². The monoisotopic (exact) mass is 370 g/mol. The van der Waals surface area contributed by atoms with Crippen LogP contribution in [-0.4, -0.2) is 29.8 Å². The van der Waals surface area contributed by atoms with Gasteiger partial charge in [0.05, 0.1) is 12.7 Å². The van der Waals surface area contributed by atoms with Crippen LogP contribution in [0.3, 0.4) is 0 Å². The molecule has 0 saturated carbocycles. The van der Waals surface area contributed by atoms with Crippen molar-refractivity contribution in [2.75, 3.05) is 7.11 Å². The van der Waals surface area contributed by atoms with Crippen LogP contribution >= 0.6 is 0 Å². The maximum atomic E-state index is 13.4. The minimum Gasteiger partial charge on any atom is -0.465 e. The van der Waals surface area contributed by atoms with E-state index in [-0.39, 0.29) is 11.4 Å². The third-order valence-electron chi connectivity index (χ3n) is 4.93. The average Bonchev–Trinajstić information content (AvgIpc) is 2.97. The number of carboxylic acid groups (broad SMARTS) is 1. The van der Waals surface area contributed by atoms with Crippen LogP contribution in [0.25, 0.3) is 5.57 Å². The fraction of sp³-hybridized carbons (Fsp3) is 0.238. The topological polar surface area (TPSA) is 63.6 Å². The lowest BCUT2D eigenvalue weighted by Crippen LogP contribution is -2.60. The lowest BCUT2D eigenvalue weighted by molar-refractivity contribution is 0.0600. The molecule has 1 heterocycles. The zero-order chi connectivity index (χ0) is 20.0. The predicted octanol–water partition coefficient (Wildman–Crippen LogP) is 4.80. The van der Waals surface area contributed by atoms with Gasteiger partial charge in [-0.3, -0.25) is 0 Å². The Morgan fingerprint density at radius 3 is 2.22 bits per heavy atom. The fourth-order valence-corrected chi connectivity index (χ4v) is 3.49. The second-order valence-corrected chi connectivity index (χ2v) is 7.45. The summed E-state index contributed by atoms with van der Waals surface area (Å²) >= 11 is 0. The molecule has 0 saturated heterocycles. The van der Waals surface area contributed by atoms with Gasteiger partial charge in [-0.15, -0.1) is 0 Å². The maximum Gasteiger partial charge on any atom is 0.523 e. The van der Waals surface area contributed by atoms with Crippen molar-refractivity contribution in [2.45, 2.75) is 26.3 Å². The van der Waals surface area contributed by atoms with Crippen molar-refractivity contribution >= 4 is 23.3 Å². The second kappa shape index (κ2) is 6.32. The quantitative estimate of drug-likeness (QED) is 0.609. The first-order valence-corrected chi connectivity index (χ1v) is 8.46. The number of carbonyl (C=O) groups is 2. The number of quaternary nitrogens is 1. The average molecular weight is 370 g/mol. The lowest BCUT2D eigenvalue weighted by Gasteiger charge is -2.38. The lowest BCUT2D eigenvalue weighted by atomic mass is 9.97. The molecule has 0 aromatic heterocycles. The van der Waals surface area contributed by atoms with Crippen molar-refractivity contribution in [1.29, 1.82) is 0 Å². The number of esters is 1. The summed E-state index contributed by atoms with van der Waals surface area (Å²) in [5.41, 5.74) is 2.08. The highest BCUT2D eigenvalue weighted by Crippen LogP contribution is 2.48. The van der Waals surface area contributed by atoms with Crippen LogP contribution in [0.4, 0.5) is 14.9 Å². The third kappa shape index (κ3) is 2.82. The van der Waals surface area contributed by atoms with E-state index in [9.17, 15) is 19.1 Å². The number of hydrogen-bond donors (Lipinski definition) is 1. The van der Waals surface area contributed by atoms with Crippen molar-refractivity contribution in [3.05, 3.63) is 71.2 Å². The van der Waals surface area contributed by atoms with E-state index >= 15 is 0 Å². The molecule has 0 spiro atoms. The fourth-order valence-electron chi connectivity index (χ4n) is 3.49. The van der Waals surface area contributed by atoms with Crippen molar-refractivity contribution in [3.63, 3.8) is 0 Å². The predicted molar refractivity (Wildman–Crippen MR) is 101 cm³/mol. The molecule has 6 heteroatoms. The molecule has 3 rings (SSSR count). The summed E-state index contributed by atoms with van der Waals surface area (Å²) < 4.78 is 17.6. The summed E-state index contributed by atoms with van der Waals surface area (Å²) in [4.78, 5) is 24.5. The summed E-state index contributed by atoms with van der Waals surface area (Å²) in [6.45, 7) is 5.46. The standard InChI is InChI=1S/C21H20FNO4/c1-21(2,3)23(20(25)26)12-17(13-5-8-15(22)9-6-13)16-10-7-14(11-18(16)23)19(24)27-4/h5-12H,1-4H3/p+1. The molecule has 1 amide bonds. The SMILES string of the molecule is COC(=O)c1ccc2c(c1)[N+](C(=O)O)(C(C)(C)C)C=C2c1ccc(F)cc1. The van der Waals surface area contributed by atoms with Gasteiger partial charge in [0.15, 0.2) is 5.69 Å². The van der Waals surface area contributed by atoms with Gasteiger partial charge in [-0.2, -0.15) is 9.28 Å². The Morgan fingerprint density at radius 1 is 1.07 bits per heavy atom. The van der Waals surface area contributed by atoms with Gasteiger partial charge in [0, 0.05) is 17.2 Å². The molecule has 27 heavy (non-hydrogen) atoms. The minimum atomic E-state index is -1.07. The number of carbonyl (C=O) groups excluding carboxylic acids is 1. The molecular formula is C21H21FNO4+. The summed E-state index contributed by atoms with van der Waals surface area (Å²) in [7, 11) is 1.28. The van der Waals surface area contributed by atoms with Gasteiger partial charge in [-0.1, -0.05) is 12.1 Å². The summed E-state index contributed by atoms with van der Waals surface area (Å²) in [5.74, 6) is -0.904. The van der Waals surface area contributed by atoms with Gasteiger partial charge in [0.1, 0.15) is 17.6 Å². The van der Waals surface area contributed by atoms with E-state index in [4.69, 9.17) is 4.74 Å². The highest BCUT2D eigenvalue weighted by molar-refractivity contribution is 6.02. The van der Waals surface area contributed by atoms with Gasteiger partial charge in [-0.05, 0) is 50.6 Å². The molecule has 2 aromatic rings. The number of nitrogens with zero attached hydrogens (tertiary/aromatic N) is 1. The van der Waals surface area contributed by atoms with Crippen molar-refractivity contribution in [3.8, 4) is 0 Å². The largest absolute Gasteiger partial charge is 0.523 e. The van der Waals surface area contributed by atoms with Crippen LogP contribution in [0.2, 0.25) is 0 Å². The van der Waals surface area contributed by atoms with E-state index in [1.54, 1.807) is 36.5 Å². The Bertz CT molecular complexity index is 957. The Hall–Kier alpha value is -2.99. The molecule has 5 nitrogen and oxygen atoms in total. The Balaban J connectivity index is 2.33. The number of fused-ring (bicyclic) bond motifs is 1. The Kier molecular flexibility index (Phi) is 4.40. The second-order valence-electron chi connectivity index (χ2n) is 7.45. The molecule has 140 valence electrons. The normalized spacial score (nSPS) is 18.6. The first-order chi connectivity index (χ1) is 12.6. The van der Waals surface area contributed by atoms with Crippen LogP contribution < -0.4 is 4.48 Å². The van der Waals surface area contributed by atoms with E-state index in [0.717, 1.165) is 0 Å². The van der Waals surface area contributed by atoms with E-state index in [1.807, 2.05) is 20.8 Å². The number of halogens is 1. The molecule has 0 bridgehead atoms. The molecule has 0 aliphatic carbocycles. The zero-order valence-electron chi connectivity index (χ0n) is 15.6. The smallest absolute Gasteiger partial charge is 0.465 e. The molecule has 1 unspecified atom stereocenters. The first-order valence-electron chi connectivity index (χ1n) is 8.46. The molecule has 1 aliphatic rings. The molecular weight excluding hydrogens is 349 g/mol. The Labute approximate surface area is 156 Å². The summed E-state index contributed by atoms with van der Waals surface area (Å²) in [6.07, 6.45) is 0.587. The van der Waals surface area contributed by atoms with Crippen LogP contribution in [0.5, 0.6) is 0 Å². The molecule has 0 fully saturated rings. The van der Waals surface area contributed by atoms with Crippen LogP contribution in [0.15, 0.2) is 48.7 Å². The van der Waals surface area contributed by atoms with E-state index in [0.29, 0.717) is 22.4 Å². The Morgan fingerprint density at radius 2 is 1.70 bits per heavy atom. The van der Waals surface area contributed by atoms with E-state index < -0.39 is 22.1 Å². The highest BCUT2D eigenvalue weighted by Gasteiger charge is 2.54. The van der Waals surface area contributed by atoms with Crippen molar-refractivity contribution in [2.24, 2.45) is 0 Å². The highest BCUT2D eigenvalue weighted by atomic mass is 19.1. The molecule has 2 aromatic carbocycles. The number of benzene rings is 2. The third-order valence-corrected chi connectivity index (χ3v) is 4.93. The maximum absolute atomic E-state index is 13.4. The summed E-state index contributed by atoms with van der Waals surface area (Å²) in [6, 6.07) is 10.8. The van der Waals surface area contributed by atoms with Crippen LogP contribution in [-0.2, 0) is 4.74 Å². The molecule has 0 radical (unpaired) electrons. The molecule has 1 N–H and O–H groups in total. The molecule has 1 atom stereocenters. The van der Waals surface area contributed by atoms with Gasteiger partial charge in [-0.25, -0.2) is 9.18 Å². The number of amides is 1. The van der Waals surface area contributed by atoms with E-state index in [2.05, 4.69) is 0 Å². The minimum absolute atomic E-state index is 0.276. The van der Waals surface area contributed by atoms with Crippen LogP contribution in [0, 0.1) is 5.82 Å². The van der Waals surface area contributed by atoms with Gasteiger partial charge < -0.3 is 9.84 Å². The van der Waals surface area contributed by atoms with Crippen molar-refractivity contribution < 1.29 is 23.8 Å².